The predicted molar refractivity (Wildman–Crippen MR) is 45.7 cm³/mol. The molecule has 1 amide bonds. The van der Waals surface area contributed by atoms with Gasteiger partial charge < -0.3 is 15.2 Å². The van der Waals surface area contributed by atoms with Crippen LogP contribution in [0.1, 0.15) is 6.42 Å². The number of hydrogen-bond acceptors (Lipinski definition) is 3. The number of fused-ring (bicyclic) bond motifs is 1. The first-order valence-corrected chi connectivity index (χ1v) is 4.85. The Hall–Kier alpha value is -0.780. The lowest BCUT2D eigenvalue weighted by Gasteiger charge is -2.10. The molecule has 0 radical (unpaired) electrons. The van der Waals surface area contributed by atoms with E-state index in [9.17, 15) is 9.59 Å². The number of carbonyl (C=O) groups is 2. The molecule has 1 aliphatic heterocycles. The van der Waals surface area contributed by atoms with E-state index >= 15 is 0 Å². The first-order chi connectivity index (χ1) is 6.09. The van der Waals surface area contributed by atoms with E-state index in [0.717, 1.165) is 0 Å². The van der Waals surface area contributed by atoms with Gasteiger partial charge in [-0.2, -0.15) is 0 Å². The van der Waals surface area contributed by atoms with E-state index in [1.807, 2.05) is 0 Å². The summed E-state index contributed by atoms with van der Waals surface area (Å²) in [5, 5.41) is 11.3. The van der Waals surface area contributed by atoms with Gasteiger partial charge in [0.25, 0.3) is 0 Å². The molecule has 2 rings (SSSR count). The zero-order valence-corrected chi connectivity index (χ0v) is 8.15. The highest BCUT2D eigenvalue weighted by molar-refractivity contribution is 9.09. The SMILES string of the molecule is O=C1N[C@H]2[C@@H](O1)[C@H](Br)C[C@H]2C(=O)O. The quantitative estimate of drug-likeness (QED) is 0.657. The summed E-state index contributed by atoms with van der Waals surface area (Å²) < 4.78 is 4.92. The molecule has 6 heteroatoms. The fourth-order valence-corrected chi connectivity index (χ4v) is 2.69. The molecular formula is C7H8BrNO4. The second-order valence-electron chi connectivity index (χ2n) is 3.24. The maximum Gasteiger partial charge on any atom is 0.407 e. The molecule has 2 fully saturated rings. The van der Waals surface area contributed by atoms with Gasteiger partial charge in [0.05, 0.1) is 16.8 Å². The van der Waals surface area contributed by atoms with Crippen molar-refractivity contribution in [3.8, 4) is 0 Å². The van der Waals surface area contributed by atoms with Crippen LogP contribution in [0.2, 0.25) is 0 Å². The number of amides is 1. The van der Waals surface area contributed by atoms with Crippen molar-refractivity contribution in [2.75, 3.05) is 0 Å². The van der Waals surface area contributed by atoms with Gasteiger partial charge in [0.1, 0.15) is 6.10 Å². The molecule has 13 heavy (non-hydrogen) atoms. The molecule has 2 aliphatic rings. The minimum absolute atomic E-state index is 0.0578. The van der Waals surface area contributed by atoms with Crippen LogP contribution in [0, 0.1) is 5.92 Å². The summed E-state index contributed by atoms with van der Waals surface area (Å²) >= 11 is 3.30. The molecule has 1 saturated heterocycles. The van der Waals surface area contributed by atoms with Crippen LogP contribution in [-0.2, 0) is 9.53 Å². The fourth-order valence-electron chi connectivity index (χ4n) is 1.86. The van der Waals surface area contributed by atoms with Gasteiger partial charge in [-0.3, -0.25) is 4.79 Å². The zero-order chi connectivity index (χ0) is 9.59. The van der Waals surface area contributed by atoms with Gasteiger partial charge in [-0.1, -0.05) is 15.9 Å². The van der Waals surface area contributed by atoms with Crippen molar-refractivity contribution in [3.05, 3.63) is 0 Å². The highest BCUT2D eigenvalue weighted by atomic mass is 79.9. The zero-order valence-electron chi connectivity index (χ0n) is 6.57. The summed E-state index contributed by atoms with van der Waals surface area (Å²) in [6, 6.07) is -0.380. The maximum absolute atomic E-state index is 10.8. The Labute approximate surface area is 82.6 Å². The predicted octanol–water partition coefficient (Wildman–Crippen LogP) is 0.331. The largest absolute Gasteiger partial charge is 0.481 e. The molecule has 0 aromatic heterocycles. The van der Waals surface area contributed by atoms with E-state index in [0.29, 0.717) is 6.42 Å². The van der Waals surface area contributed by atoms with Gasteiger partial charge in [-0.15, -0.1) is 0 Å². The first kappa shape index (κ1) is 8.80. The lowest BCUT2D eigenvalue weighted by Crippen LogP contribution is -2.37. The summed E-state index contributed by atoms with van der Waals surface area (Å²) in [6.45, 7) is 0. The Morgan fingerprint density at radius 1 is 1.69 bits per heavy atom. The number of hydrogen-bond donors (Lipinski definition) is 2. The summed E-state index contributed by atoms with van der Waals surface area (Å²) in [5.41, 5.74) is 0. The molecule has 0 bridgehead atoms. The van der Waals surface area contributed by atoms with Crippen molar-refractivity contribution in [2.45, 2.75) is 23.4 Å². The van der Waals surface area contributed by atoms with Crippen LogP contribution in [0.4, 0.5) is 4.79 Å². The van der Waals surface area contributed by atoms with Crippen LogP contribution in [0.3, 0.4) is 0 Å². The van der Waals surface area contributed by atoms with Crippen LogP contribution in [0.5, 0.6) is 0 Å². The summed E-state index contributed by atoms with van der Waals surface area (Å²) in [4.78, 5) is 21.5. The van der Waals surface area contributed by atoms with Crippen molar-refractivity contribution in [2.24, 2.45) is 5.92 Å². The van der Waals surface area contributed by atoms with E-state index in [-0.39, 0.29) is 17.0 Å². The Kier molecular flexibility index (Phi) is 1.94. The smallest absolute Gasteiger partial charge is 0.407 e. The standard InChI is InChI=1S/C7H8BrNO4/c8-3-1-2(6(10)11)4-5(3)13-7(12)9-4/h2-5H,1H2,(H,9,12)(H,10,11)/t2-,3-,4-,5+/m1/s1. The minimum atomic E-state index is -0.886. The number of carbonyl (C=O) groups excluding carboxylic acids is 1. The Morgan fingerprint density at radius 2 is 2.38 bits per heavy atom. The fraction of sp³-hybridized carbons (Fsp3) is 0.714. The number of ether oxygens (including phenoxy) is 1. The molecule has 1 heterocycles. The molecule has 1 aliphatic carbocycles. The van der Waals surface area contributed by atoms with Gasteiger partial charge in [0.2, 0.25) is 0 Å². The summed E-state index contributed by atoms with van der Waals surface area (Å²) in [6.07, 6.45) is -0.371. The van der Waals surface area contributed by atoms with Gasteiger partial charge in [0.15, 0.2) is 0 Å². The molecule has 2 N–H and O–H groups in total. The molecule has 0 spiro atoms. The van der Waals surface area contributed by atoms with Crippen LogP contribution >= 0.6 is 15.9 Å². The third kappa shape index (κ3) is 1.29. The van der Waals surface area contributed by atoms with E-state index < -0.39 is 18.0 Å². The number of rotatable bonds is 1. The molecular weight excluding hydrogens is 242 g/mol. The number of halogens is 1. The lowest BCUT2D eigenvalue weighted by atomic mass is 10.0. The second kappa shape index (κ2) is 2.87. The van der Waals surface area contributed by atoms with E-state index in [1.165, 1.54) is 0 Å². The average Bonchev–Trinajstić information content (AvgIpc) is 2.51. The van der Waals surface area contributed by atoms with Crippen LogP contribution < -0.4 is 5.32 Å². The van der Waals surface area contributed by atoms with Crippen LogP contribution in [0.15, 0.2) is 0 Å². The Morgan fingerprint density at radius 3 is 3.00 bits per heavy atom. The van der Waals surface area contributed by atoms with E-state index in [4.69, 9.17) is 9.84 Å². The molecule has 0 aromatic rings. The third-order valence-corrected chi connectivity index (χ3v) is 3.36. The Balaban J connectivity index is 2.19. The number of carboxylic acids is 1. The molecule has 4 atom stereocenters. The topological polar surface area (TPSA) is 75.6 Å². The Bertz CT molecular complexity index is 269. The van der Waals surface area contributed by atoms with Crippen LogP contribution in [-0.4, -0.2) is 34.1 Å². The van der Waals surface area contributed by atoms with E-state index in [2.05, 4.69) is 21.2 Å². The monoisotopic (exact) mass is 249 g/mol. The van der Waals surface area contributed by atoms with Gasteiger partial charge in [-0.25, -0.2) is 4.79 Å². The number of carboxylic acid groups (broad SMARTS) is 1. The second-order valence-corrected chi connectivity index (χ2v) is 4.41. The average molecular weight is 250 g/mol. The highest BCUT2D eigenvalue weighted by Gasteiger charge is 2.52. The van der Waals surface area contributed by atoms with Crippen molar-refractivity contribution in [1.29, 1.82) is 0 Å². The minimum Gasteiger partial charge on any atom is -0.481 e. The first-order valence-electron chi connectivity index (χ1n) is 3.93. The molecule has 0 unspecified atom stereocenters. The lowest BCUT2D eigenvalue weighted by molar-refractivity contribution is -0.142. The molecule has 72 valence electrons. The number of nitrogens with one attached hydrogen (secondary N) is 1. The maximum atomic E-state index is 10.8. The molecule has 0 aromatic carbocycles. The van der Waals surface area contributed by atoms with Crippen LogP contribution in [0.25, 0.3) is 0 Å². The summed E-state index contributed by atoms with van der Waals surface area (Å²) in [5.74, 6) is -1.43. The number of alkyl carbamates (subject to hydrolysis) is 1. The highest BCUT2D eigenvalue weighted by Crippen LogP contribution is 2.36. The summed E-state index contributed by atoms with van der Waals surface area (Å²) in [7, 11) is 0. The van der Waals surface area contributed by atoms with Crippen molar-refractivity contribution < 1.29 is 19.4 Å². The molecule has 5 nitrogen and oxygen atoms in total. The number of alkyl halides is 1. The van der Waals surface area contributed by atoms with Gasteiger partial charge in [-0.05, 0) is 6.42 Å². The normalized spacial score (nSPS) is 42.4. The third-order valence-electron chi connectivity index (χ3n) is 2.47. The van der Waals surface area contributed by atoms with Gasteiger partial charge >= 0.3 is 12.1 Å². The van der Waals surface area contributed by atoms with Crippen molar-refractivity contribution in [1.82, 2.24) is 5.32 Å². The number of aliphatic carboxylic acids is 1. The van der Waals surface area contributed by atoms with E-state index in [1.54, 1.807) is 0 Å². The van der Waals surface area contributed by atoms with Crippen molar-refractivity contribution in [3.63, 3.8) is 0 Å². The molecule has 1 saturated carbocycles. The van der Waals surface area contributed by atoms with Crippen molar-refractivity contribution >= 4 is 28.0 Å². The van der Waals surface area contributed by atoms with Gasteiger partial charge in [0, 0.05) is 0 Å².